The lowest BCUT2D eigenvalue weighted by molar-refractivity contribution is -0.124. The van der Waals surface area contributed by atoms with Crippen LogP contribution in [0.1, 0.15) is 44.6 Å². The molecule has 2 aliphatic heterocycles. The van der Waals surface area contributed by atoms with Gasteiger partial charge in [0.1, 0.15) is 6.10 Å². The number of benzene rings is 1. The quantitative estimate of drug-likeness (QED) is 0.881. The Bertz CT molecular complexity index is 614. The van der Waals surface area contributed by atoms with E-state index in [1.54, 1.807) is 0 Å². The van der Waals surface area contributed by atoms with Gasteiger partial charge in [-0.3, -0.25) is 4.79 Å². The summed E-state index contributed by atoms with van der Waals surface area (Å²) in [4.78, 5) is 26.4. The van der Waals surface area contributed by atoms with Crippen molar-refractivity contribution < 1.29 is 14.3 Å². The van der Waals surface area contributed by atoms with Gasteiger partial charge in [-0.15, -0.1) is 0 Å². The topological polar surface area (TPSA) is 70.7 Å². The molecule has 0 radical (unpaired) electrons. The van der Waals surface area contributed by atoms with E-state index >= 15 is 0 Å². The summed E-state index contributed by atoms with van der Waals surface area (Å²) < 4.78 is 5.40. The lowest BCUT2D eigenvalue weighted by atomic mass is 10.0. The molecule has 0 saturated carbocycles. The smallest absolute Gasteiger partial charge is 0.317 e. The summed E-state index contributed by atoms with van der Waals surface area (Å²) in [6.07, 6.45) is 4.69. The summed E-state index contributed by atoms with van der Waals surface area (Å²) in [5, 5.41) is 5.88. The predicted octanol–water partition coefficient (Wildman–Crippen LogP) is 2.89. The number of carbonyl (C=O) groups excluding carboxylic acids is 2. The molecular formula is C19H27N3O3. The summed E-state index contributed by atoms with van der Waals surface area (Å²) in [6.45, 7) is 4.02. The zero-order valence-electron chi connectivity index (χ0n) is 14.8. The van der Waals surface area contributed by atoms with Gasteiger partial charge >= 0.3 is 6.03 Å². The summed E-state index contributed by atoms with van der Waals surface area (Å²) in [7, 11) is 0. The number of hydrogen-bond acceptors (Lipinski definition) is 3. The maximum Gasteiger partial charge on any atom is 0.317 e. The number of anilines is 1. The van der Waals surface area contributed by atoms with Gasteiger partial charge in [-0.25, -0.2) is 4.79 Å². The van der Waals surface area contributed by atoms with E-state index in [0.29, 0.717) is 19.2 Å². The Hall–Kier alpha value is -2.08. The number of urea groups is 1. The highest BCUT2D eigenvalue weighted by Crippen LogP contribution is 2.18. The minimum absolute atomic E-state index is 0.0130. The van der Waals surface area contributed by atoms with Crippen molar-refractivity contribution in [2.75, 3.05) is 18.5 Å². The molecule has 25 heavy (non-hydrogen) atoms. The minimum atomic E-state index is -0.344. The molecule has 2 heterocycles. The van der Waals surface area contributed by atoms with Crippen LogP contribution in [0, 0.1) is 0 Å². The molecule has 2 aliphatic rings. The molecular weight excluding hydrogens is 318 g/mol. The van der Waals surface area contributed by atoms with Crippen LogP contribution in [0.25, 0.3) is 0 Å². The van der Waals surface area contributed by atoms with Crippen LogP contribution in [0.4, 0.5) is 10.5 Å². The monoisotopic (exact) mass is 345 g/mol. The molecule has 3 rings (SSSR count). The third-order valence-corrected chi connectivity index (χ3v) is 4.92. The number of likely N-dealkylation sites (tertiary alicyclic amines) is 1. The van der Waals surface area contributed by atoms with Crippen molar-refractivity contribution in [3.8, 4) is 0 Å². The summed E-state index contributed by atoms with van der Waals surface area (Å²) in [5.74, 6) is -0.0965. The molecule has 2 atom stereocenters. The first-order valence-electron chi connectivity index (χ1n) is 9.19. The van der Waals surface area contributed by atoms with Crippen LogP contribution in [0.3, 0.4) is 0 Å². The maximum absolute atomic E-state index is 12.3. The van der Waals surface area contributed by atoms with Crippen LogP contribution >= 0.6 is 0 Å². The maximum atomic E-state index is 12.3. The number of carbonyl (C=O) groups is 2. The lowest BCUT2D eigenvalue weighted by Crippen LogP contribution is -2.47. The third kappa shape index (κ3) is 4.72. The molecule has 6 heteroatoms. The van der Waals surface area contributed by atoms with Gasteiger partial charge in [0.05, 0.1) is 0 Å². The van der Waals surface area contributed by atoms with Crippen LogP contribution < -0.4 is 10.6 Å². The van der Waals surface area contributed by atoms with Crippen LogP contribution in [0.2, 0.25) is 0 Å². The van der Waals surface area contributed by atoms with Crippen LogP contribution in [-0.4, -0.2) is 42.1 Å². The second kappa shape index (κ2) is 8.34. The average molecular weight is 345 g/mol. The number of nitrogens with one attached hydrogen (secondary N) is 2. The Kier molecular flexibility index (Phi) is 5.91. The van der Waals surface area contributed by atoms with E-state index in [1.807, 2.05) is 29.2 Å². The van der Waals surface area contributed by atoms with Crippen molar-refractivity contribution in [1.29, 1.82) is 0 Å². The van der Waals surface area contributed by atoms with Gasteiger partial charge in [-0.2, -0.15) is 0 Å². The number of ether oxygens (including phenoxy) is 1. The van der Waals surface area contributed by atoms with Crippen molar-refractivity contribution in [3.63, 3.8) is 0 Å². The molecule has 0 aromatic heterocycles. The van der Waals surface area contributed by atoms with E-state index in [0.717, 1.165) is 43.5 Å². The molecule has 136 valence electrons. The highest BCUT2D eigenvalue weighted by Gasteiger charge is 2.24. The Balaban J connectivity index is 1.52. The Morgan fingerprint density at radius 3 is 2.88 bits per heavy atom. The highest BCUT2D eigenvalue weighted by atomic mass is 16.5. The van der Waals surface area contributed by atoms with Crippen molar-refractivity contribution in [1.82, 2.24) is 10.2 Å². The van der Waals surface area contributed by atoms with Crippen molar-refractivity contribution in [2.45, 2.75) is 57.7 Å². The first-order chi connectivity index (χ1) is 12.1. The van der Waals surface area contributed by atoms with Crippen LogP contribution in [0.15, 0.2) is 24.3 Å². The Morgan fingerprint density at radius 2 is 2.12 bits per heavy atom. The largest absolute Gasteiger partial charge is 0.368 e. The second-order valence-corrected chi connectivity index (χ2v) is 6.89. The number of amides is 3. The van der Waals surface area contributed by atoms with Gasteiger partial charge in [0.15, 0.2) is 0 Å². The fourth-order valence-electron chi connectivity index (χ4n) is 3.45. The third-order valence-electron chi connectivity index (χ3n) is 4.92. The van der Waals surface area contributed by atoms with Gasteiger partial charge in [0.2, 0.25) is 0 Å². The van der Waals surface area contributed by atoms with E-state index < -0.39 is 0 Å². The standard InChI is InChI=1S/C19H27N3O3/c1-14-6-2-3-10-22(14)19(24)20-13-15-7-4-8-16(12-15)21-18(23)17-9-5-11-25-17/h4,7-8,12,14,17H,2-3,5-6,9-11,13H2,1H3,(H,20,24)(H,21,23)/t14-,17-/m0/s1. The predicted molar refractivity (Wildman–Crippen MR) is 96.3 cm³/mol. The molecule has 6 nitrogen and oxygen atoms in total. The first kappa shape index (κ1) is 17.7. The second-order valence-electron chi connectivity index (χ2n) is 6.89. The van der Waals surface area contributed by atoms with E-state index in [1.165, 1.54) is 6.42 Å². The number of rotatable bonds is 4. The molecule has 0 aliphatic carbocycles. The fraction of sp³-hybridized carbons (Fsp3) is 0.579. The van der Waals surface area contributed by atoms with Crippen LogP contribution in [0.5, 0.6) is 0 Å². The van der Waals surface area contributed by atoms with E-state index in [9.17, 15) is 9.59 Å². The zero-order valence-corrected chi connectivity index (χ0v) is 14.8. The van der Waals surface area contributed by atoms with E-state index in [2.05, 4.69) is 17.6 Å². The van der Waals surface area contributed by atoms with Gasteiger partial charge in [-0.05, 0) is 56.7 Å². The van der Waals surface area contributed by atoms with E-state index in [4.69, 9.17) is 4.74 Å². The van der Waals surface area contributed by atoms with Gasteiger partial charge in [0.25, 0.3) is 5.91 Å². The average Bonchev–Trinajstić information content (AvgIpc) is 3.15. The SMILES string of the molecule is C[C@H]1CCCCN1C(=O)NCc1cccc(NC(=O)[C@@H]2CCCO2)c1. The summed E-state index contributed by atoms with van der Waals surface area (Å²) in [5.41, 5.74) is 1.70. The molecule has 0 unspecified atom stereocenters. The van der Waals surface area contributed by atoms with Crippen molar-refractivity contribution in [2.24, 2.45) is 0 Å². The molecule has 0 bridgehead atoms. The number of piperidine rings is 1. The highest BCUT2D eigenvalue weighted by molar-refractivity contribution is 5.94. The van der Waals surface area contributed by atoms with Gasteiger partial charge < -0.3 is 20.3 Å². The molecule has 1 aromatic rings. The van der Waals surface area contributed by atoms with E-state index in [-0.39, 0.29) is 18.0 Å². The Morgan fingerprint density at radius 1 is 1.24 bits per heavy atom. The number of hydrogen-bond donors (Lipinski definition) is 2. The minimum Gasteiger partial charge on any atom is -0.368 e. The number of nitrogens with zero attached hydrogens (tertiary/aromatic N) is 1. The molecule has 1 aromatic carbocycles. The molecule has 3 amide bonds. The zero-order chi connectivity index (χ0) is 17.6. The fourth-order valence-corrected chi connectivity index (χ4v) is 3.45. The summed E-state index contributed by atoms with van der Waals surface area (Å²) in [6, 6.07) is 7.86. The molecule has 2 N–H and O–H groups in total. The first-order valence-corrected chi connectivity index (χ1v) is 9.19. The van der Waals surface area contributed by atoms with Crippen molar-refractivity contribution in [3.05, 3.63) is 29.8 Å². The molecule has 2 saturated heterocycles. The molecule has 2 fully saturated rings. The molecule has 0 spiro atoms. The van der Waals surface area contributed by atoms with Crippen LogP contribution in [-0.2, 0) is 16.1 Å². The van der Waals surface area contributed by atoms with Gasteiger partial charge in [-0.1, -0.05) is 12.1 Å². The summed E-state index contributed by atoms with van der Waals surface area (Å²) >= 11 is 0. The Labute approximate surface area is 148 Å². The van der Waals surface area contributed by atoms with Crippen molar-refractivity contribution >= 4 is 17.6 Å². The van der Waals surface area contributed by atoms with Gasteiger partial charge in [0, 0.05) is 31.4 Å². The normalized spacial score (nSPS) is 23.3. The lowest BCUT2D eigenvalue weighted by Gasteiger charge is -2.33.